The van der Waals surface area contributed by atoms with Crippen molar-refractivity contribution in [1.29, 1.82) is 0 Å². The van der Waals surface area contributed by atoms with Gasteiger partial charge in [0, 0.05) is 12.6 Å². The first-order valence-corrected chi connectivity index (χ1v) is 9.59. The number of carbonyl (C=O) groups excluding carboxylic acids is 1. The Hall–Kier alpha value is -3.40. The fraction of sp³-hybridized carbons (Fsp3) is 0.211. The minimum atomic E-state index is -0.567. The van der Waals surface area contributed by atoms with Gasteiger partial charge in [-0.2, -0.15) is 0 Å². The summed E-state index contributed by atoms with van der Waals surface area (Å²) in [6, 6.07) is 12.1. The number of amides is 1. The molecule has 0 radical (unpaired) electrons. The standard InChI is InChI=1S/C19H19N5O4S/c1-12-6-4-5-7-14(12)18-21-22-19(23(18)2)29-11-17(25)20-15-9-8-13(28-3)10-16(15)24(26)27/h4-10H,11H2,1-3H3,(H,20,25). The van der Waals surface area contributed by atoms with Gasteiger partial charge in [-0.3, -0.25) is 14.9 Å². The number of hydrogen-bond acceptors (Lipinski definition) is 7. The minimum absolute atomic E-state index is 0.0307. The number of benzene rings is 2. The van der Waals surface area contributed by atoms with E-state index in [1.165, 1.54) is 31.0 Å². The number of rotatable bonds is 7. The number of methoxy groups -OCH3 is 1. The van der Waals surface area contributed by atoms with Crippen molar-refractivity contribution < 1.29 is 14.5 Å². The zero-order valence-electron chi connectivity index (χ0n) is 16.1. The Kier molecular flexibility index (Phi) is 6.13. The van der Waals surface area contributed by atoms with Gasteiger partial charge in [0.2, 0.25) is 5.91 Å². The number of thioether (sulfide) groups is 1. The minimum Gasteiger partial charge on any atom is -0.496 e. The topological polar surface area (TPSA) is 112 Å². The summed E-state index contributed by atoms with van der Waals surface area (Å²) in [6.07, 6.45) is 0. The zero-order valence-corrected chi connectivity index (χ0v) is 16.9. The lowest BCUT2D eigenvalue weighted by atomic mass is 10.1. The third-order valence-electron chi connectivity index (χ3n) is 4.23. The molecule has 3 aromatic rings. The van der Waals surface area contributed by atoms with E-state index in [1.54, 1.807) is 6.07 Å². The van der Waals surface area contributed by atoms with Crippen LogP contribution in [0.3, 0.4) is 0 Å². The summed E-state index contributed by atoms with van der Waals surface area (Å²) >= 11 is 1.20. The van der Waals surface area contributed by atoms with E-state index >= 15 is 0 Å². The van der Waals surface area contributed by atoms with Crippen LogP contribution < -0.4 is 10.1 Å². The molecule has 0 aliphatic heterocycles. The number of anilines is 1. The predicted octanol–water partition coefficient (Wildman–Crippen LogP) is 3.44. The molecular weight excluding hydrogens is 394 g/mol. The molecule has 150 valence electrons. The number of nitro groups is 1. The quantitative estimate of drug-likeness (QED) is 0.359. The van der Waals surface area contributed by atoms with Gasteiger partial charge in [-0.1, -0.05) is 36.0 Å². The second-order valence-electron chi connectivity index (χ2n) is 6.16. The number of aryl methyl sites for hydroxylation is 1. The Bertz CT molecular complexity index is 1070. The Labute approximate surface area is 171 Å². The number of nitrogens with one attached hydrogen (secondary N) is 1. The van der Waals surface area contributed by atoms with Crippen LogP contribution in [0.25, 0.3) is 11.4 Å². The molecule has 1 N–H and O–H groups in total. The molecule has 29 heavy (non-hydrogen) atoms. The van der Waals surface area contributed by atoms with Gasteiger partial charge in [0.25, 0.3) is 5.69 Å². The summed E-state index contributed by atoms with van der Waals surface area (Å²) in [4.78, 5) is 23.0. The first-order chi connectivity index (χ1) is 13.9. The van der Waals surface area contributed by atoms with Crippen molar-refractivity contribution in [3.8, 4) is 17.1 Å². The van der Waals surface area contributed by atoms with Crippen LogP contribution in [0.1, 0.15) is 5.56 Å². The van der Waals surface area contributed by atoms with E-state index < -0.39 is 4.92 Å². The second-order valence-corrected chi connectivity index (χ2v) is 7.10. The summed E-state index contributed by atoms with van der Waals surface area (Å²) in [7, 11) is 3.25. The highest BCUT2D eigenvalue weighted by molar-refractivity contribution is 7.99. The lowest BCUT2D eigenvalue weighted by Gasteiger charge is -2.08. The summed E-state index contributed by atoms with van der Waals surface area (Å²) in [5, 5.41) is 22.7. The van der Waals surface area contributed by atoms with Gasteiger partial charge >= 0.3 is 0 Å². The molecule has 0 spiro atoms. The first kappa shape index (κ1) is 20.3. The van der Waals surface area contributed by atoms with Gasteiger partial charge in [-0.25, -0.2) is 0 Å². The maximum absolute atomic E-state index is 12.3. The molecule has 1 aromatic heterocycles. The first-order valence-electron chi connectivity index (χ1n) is 8.61. The van der Waals surface area contributed by atoms with E-state index in [9.17, 15) is 14.9 Å². The van der Waals surface area contributed by atoms with Crippen molar-refractivity contribution in [2.24, 2.45) is 7.05 Å². The molecule has 0 fully saturated rings. The molecule has 2 aromatic carbocycles. The average molecular weight is 413 g/mol. The molecule has 1 amide bonds. The maximum Gasteiger partial charge on any atom is 0.296 e. The molecule has 10 heteroatoms. The molecule has 1 heterocycles. The van der Waals surface area contributed by atoms with Gasteiger partial charge in [0.1, 0.15) is 11.4 Å². The fourth-order valence-corrected chi connectivity index (χ4v) is 3.42. The third kappa shape index (κ3) is 4.54. The third-order valence-corrected chi connectivity index (χ3v) is 5.25. The van der Waals surface area contributed by atoms with Crippen LogP contribution >= 0.6 is 11.8 Å². The van der Waals surface area contributed by atoms with E-state index in [-0.39, 0.29) is 23.0 Å². The van der Waals surface area contributed by atoms with E-state index in [0.717, 1.165) is 11.1 Å². The zero-order chi connectivity index (χ0) is 21.0. The molecule has 0 saturated heterocycles. The van der Waals surface area contributed by atoms with Gasteiger partial charge in [0.15, 0.2) is 11.0 Å². The highest BCUT2D eigenvalue weighted by atomic mass is 32.2. The maximum atomic E-state index is 12.3. The predicted molar refractivity (Wildman–Crippen MR) is 110 cm³/mol. The van der Waals surface area contributed by atoms with Crippen LogP contribution in [-0.4, -0.2) is 38.5 Å². The summed E-state index contributed by atoms with van der Waals surface area (Å²) in [6.45, 7) is 1.99. The number of nitrogens with zero attached hydrogens (tertiary/aromatic N) is 4. The highest BCUT2D eigenvalue weighted by Gasteiger charge is 2.18. The molecule has 0 aliphatic rings. The van der Waals surface area contributed by atoms with Gasteiger partial charge in [-0.15, -0.1) is 10.2 Å². The van der Waals surface area contributed by atoms with E-state index in [1.807, 2.05) is 42.8 Å². The molecule has 3 rings (SSSR count). The lowest BCUT2D eigenvalue weighted by molar-refractivity contribution is -0.384. The van der Waals surface area contributed by atoms with Crippen molar-refractivity contribution >= 4 is 29.0 Å². The Morgan fingerprint density at radius 3 is 2.72 bits per heavy atom. The summed E-state index contributed by atoms with van der Waals surface area (Å²) in [5.41, 5.74) is 1.92. The van der Waals surface area contributed by atoms with Crippen molar-refractivity contribution in [3.63, 3.8) is 0 Å². The Balaban J connectivity index is 1.69. The molecule has 0 unspecified atom stereocenters. The van der Waals surface area contributed by atoms with Gasteiger partial charge in [-0.05, 0) is 24.6 Å². The molecule has 0 aliphatic carbocycles. The van der Waals surface area contributed by atoms with Crippen LogP contribution in [0, 0.1) is 17.0 Å². The van der Waals surface area contributed by atoms with E-state index in [4.69, 9.17) is 4.74 Å². The largest absolute Gasteiger partial charge is 0.496 e. The van der Waals surface area contributed by atoms with E-state index in [2.05, 4.69) is 15.5 Å². The molecule has 0 saturated carbocycles. The van der Waals surface area contributed by atoms with Crippen LogP contribution in [0.5, 0.6) is 5.75 Å². The van der Waals surface area contributed by atoms with E-state index in [0.29, 0.717) is 16.7 Å². The van der Waals surface area contributed by atoms with Crippen molar-refractivity contribution in [2.45, 2.75) is 12.1 Å². The molecule has 9 nitrogen and oxygen atoms in total. The average Bonchev–Trinajstić information content (AvgIpc) is 3.07. The Morgan fingerprint density at radius 1 is 1.28 bits per heavy atom. The number of aromatic nitrogens is 3. The fourth-order valence-electron chi connectivity index (χ4n) is 2.71. The molecular formula is C19H19N5O4S. The van der Waals surface area contributed by atoms with Crippen LogP contribution in [-0.2, 0) is 11.8 Å². The van der Waals surface area contributed by atoms with Gasteiger partial charge < -0.3 is 14.6 Å². The second kappa shape index (κ2) is 8.74. The Morgan fingerprint density at radius 2 is 2.03 bits per heavy atom. The SMILES string of the molecule is COc1ccc(NC(=O)CSc2nnc(-c3ccccc3C)n2C)c([N+](=O)[O-])c1. The van der Waals surface area contributed by atoms with Crippen LogP contribution in [0.4, 0.5) is 11.4 Å². The van der Waals surface area contributed by atoms with Crippen LogP contribution in [0.15, 0.2) is 47.6 Å². The summed E-state index contributed by atoms with van der Waals surface area (Å²) < 4.78 is 6.81. The number of carbonyl (C=O) groups is 1. The highest BCUT2D eigenvalue weighted by Crippen LogP contribution is 2.29. The number of nitro benzene ring substituents is 1. The van der Waals surface area contributed by atoms with Crippen molar-refractivity contribution in [2.75, 3.05) is 18.2 Å². The number of hydrogen-bond donors (Lipinski definition) is 1. The summed E-state index contributed by atoms with van der Waals surface area (Å²) in [5.74, 6) is 0.690. The van der Waals surface area contributed by atoms with Gasteiger partial charge in [0.05, 0.1) is 23.9 Å². The molecule has 0 bridgehead atoms. The lowest BCUT2D eigenvalue weighted by Crippen LogP contribution is -2.15. The smallest absolute Gasteiger partial charge is 0.296 e. The monoisotopic (exact) mass is 413 g/mol. The van der Waals surface area contributed by atoms with Crippen LogP contribution in [0.2, 0.25) is 0 Å². The van der Waals surface area contributed by atoms with Crippen molar-refractivity contribution in [3.05, 3.63) is 58.1 Å². The molecule has 0 atom stereocenters. The van der Waals surface area contributed by atoms with Crippen molar-refractivity contribution in [1.82, 2.24) is 14.8 Å². The normalized spacial score (nSPS) is 10.6. The number of ether oxygens (including phenoxy) is 1.